The van der Waals surface area contributed by atoms with Crippen LogP contribution in [0.3, 0.4) is 0 Å². The van der Waals surface area contributed by atoms with E-state index in [-0.39, 0.29) is 36.5 Å². The third kappa shape index (κ3) is 3.87. The van der Waals surface area contributed by atoms with Crippen LogP contribution in [0.2, 0.25) is 5.02 Å². The second-order valence-corrected chi connectivity index (χ2v) is 7.37. The lowest BCUT2D eigenvalue weighted by molar-refractivity contribution is -0.149. The van der Waals surface area contributed by atoms with Gasteiger partial charge in [-0.1, -0.05) is 24.4 Å². The fourth-order valence-corrected chi connectivity index (χ4v) is 4.29. The Balaban J connectivity index is 1.65. The van der Waals surface area contributed by atoms with E-state index < -0.39 is 12.0 Å². The third-order valence-electron chi connectivity index (χ3n) is 5.39. The second-order valence-electron chi connectivity index (χ2n) is 6.93. The molecule has 1 aliphatic heterocycles. The van der Waals surface area contributed by atoms with Gasteiger partial charge in [0.2, 0.25) is 5.91 Å². The molecule has 3 atom stereocenters. The summed E-state index contributed by atoms with van der Waals surface area (Å²) in [6.45, 7) is 0. The lowest BCUT2D eigenvalue weighted by atomic mass is 9.84. The lowest BCUT2D eigenvalue weighted by Gasteiger charge is -2.33. The molecule has 3 unspecified atom stereocenters. The van der Waals surface area contributed by atoms with Crippen molar-refractivity contribution in [2.24, 2.45) is 5.92 Å². The first-order valence-corrected chi connectivity index (χ1v) is 9.18. The van der Waals surface area contributed by atoms with Crippen LogP contribution in [-0.2, 0) is 9.59 Å². The molecule has 1 N–H and O–H groups in total. The zero-order valence-electron chi connectivity index (χ0n) is 14.0. The predicted octanol–water partition coefficient (Wildman–Crippen LogP) is 3.55. The van der Waals surface area contributed by atoms with Crippen LogP contribution in [0.15, 0.2) is 24.3 Å². The maximum atomic E-state index is 12.7. The number of hydrogen-bond acceptors (Lipinski definition) is 3. The van der Waals surface area contributed by atoms with Crippen molar-refractivity contribution in [3.05, 3.63) is 34.9 Å². The number of amides is 1. The normalized spacial score (nSPS) is 25.5. The summed E-state index contributed by atoms with van der Waals surface area (Å²) in [4.78, 5) is 38.1. The van der Waals surface area contributed by atoms with E-state index in [4.69, 9.17) is 11.6 Å². The van der Waals surface area contributed by atoms with E-state index in [2.05, 4.69) is 0 Å². The van der Waals surface area contributed by atoms with Crippen LogP contribution in [0.1, 0.15) is 55.3 Å². The highest BCUT2D eigenvalue weighted by molar-refractivity contribution is 6.30. The first-order valence-electron chi connectivity index (χ1n) is 8.80. The number of fused-ring (bicyclic) bond motifs is 1. The number of carboxylic acids is 1. The number of rotatable bonds is 5. The lowest BCUT2D eigenvalue weighted by Crippen LogP contribution is -2.46. The van der Waals surface area contributed by atoms with E-state index >= 15 is 0 Å². The quantitative estimate of drug-likeness (QED) is 0.812. The topological polar surface area (TPSA) is 74.7 Å². The molecule has 0 bridgehead atoms. The number of benzene rings is 1. The summed E-state index contributed by atoms with van der Waals surface area (Å²) in [7, 11) is 0. The van der Waals surface area contributed by atoms with Gasteiger partial charge in [0.1, 0.15) is 6.04 Å². The Hall–Kier alpha value is -1.88. The molecule has 134 valence electrons. The smallest absolute Gasteiger partial charge is 0.326 e. The standard InChI is InChI=1S/C19H22ClNO4/c20-14-7-5-12(6-8-14)17(22)9-10-18(23)21-15-4-2-1-3-13(15)11-16(21)19(24)25/h5-8,13,15-16H,1-4,9-11H2,(H,24,25). The molecule has 5 nitrogen and oxygen atoms in total. The third-order valence-corrected chi connectivity index (χ3v) is 5.65. The van der Waals surface area contributed by atoms with Gasteiger partial charge < -0.3 is 10.0 Å². The molecule has 1 heterocycles. The minimum atomic E-state index is -0.938. The average molecular weight is 364 g/mol. The van der Waals surface area contributed by atoms with Crippen molar-refractivity contribution in [1.29, 1.82) is 0 Å². The molecular formula is C19H22ClNO4. The average Bonchev–Trinajstić information content (AvgIpc) is 3.00. The molecule has 2 aliphatic rings. The molecule has 0 radical (unpaired) electrons. The van der Waals surface area contributed by atoms with E-state index in [1.807, 2.05) is 0 Å². The van der Waals surface area contributed by atoms with E-state index in [0.717, 1.165) is 25.7 Å². The SMILES string of the molecule is O=C(CCC(=O)N1C(C(=O)O)CC2CCCCC21)c1ccc(Cl)cc1. The number of carbonyl (C=O) groups is 3. The van der Waals surface area contributed by atoms with E-state index in [0.29, 0.717) is 17.0 Å². The van der Waals surface area contributed by atoms with Gasteiger partial charge in [0.15, 0.2) is 5.78 Å². The summed E-state index contributed by atoms with van der Waals surface area (Å²) in [5.74, 6) is -1.00. The molecule has 3 rings (SSSR count). The van der Waals surface area contributed by atoms with Crippen molar-refractivity contribution >= 4 is 29.3 Å². The molecule has 1 aromatic rings. The van der Waals surface area contributed by atoms with Gasteiger partial charge in [0, 0.05) is 29.5 Å². The molecule has 1 amide bonds. The number of halogens is 1. The van der Waals surface area contributed by atoms with Crippen LogP contribution in [0.4, 0.5) is 0 Å². The Morgan fingerprint density at radius 3 is 2.44 bits per heavy atom. The number of hydrogen-bond donors (Lipinski definition) is 1. The molecule has 2 fully saturated rings. The fourth-order valence-electron chi connectivity index (χ4n) is 4.17. The highest BCUT2D eigenvalue weighted by Gasteiger charge is 2.47. The molecule has 0 spiro atoms. The monoisotopic (exact) mass is 363 g/mol. The first-order chi connectivity index (χ1) is 12.0. The Kier molecular flexibility index (Phi) is 5.42. The maximum Gasteiger partial charge on any atom is 0.326 e. The van der Waals surface area contributed by atoms with Crippen LogP contribution in [0, 0.1) is 5.92 Å². The molecule has 1 aliphatic carbocycles. The second kappa shape index (κ2) is 7.56. The zero-order chi connectivity index (χ0) is 18.0. The van der Waals surface area contributed by atoms with Crippen LogP contribution in [0.25, 0.3) is 0 Å². The van der Waals surface area contributed by atoms with Gasteiger partial charge in [-0.15, -0.1) is 0 Å². The molecule has 1 saturated heterocycles. The zero-order valence-corrected chi connectivity index (χ0v) is 14.7. The van der Waals surface area contributed by atoms with Gasteiger partial charge in [-0.2, -0.15) is 0 Å². The molecule has 1 aromatic carbocycles. The predicted molar refractivity (Wildman–Crippen MR) is 93.6 cm³/mol. The van der Waals surface area contributed by atoms with Gasteiger partial charge in [-0.3, -0.25) is 9.59 Å². The Bertz CT molecular complexity index is 673. The van der Waals surface area contributed by atoms with Crippen LogP contribution in [-0.4, -0.2) is 39.7 Å². The molecule has 6 heteroatoms. The Morgan fingerprint density at radius 1 is 1.08 bits per heavy atom. The van der Waals surface area contributed by atoms with Crippen LogP contribution >= 0.6 is 11.6 Å². The highest BCUT2D eigenvalue weighted by atomic mass is 35.5. The maximum absolute atomic E-state index is 12.7. The molecule has 1 saturated carbocycles. The van der Waals surface area contributed by atoms with E-state index in [1.165, 1.54) is 0 Å². The van der Waals surface area contributed by atoms with Gasteiger partial charge >= 0.3 is 5.97 Å². The molecular weight excluding hydrogens is 342 g/mol. The van der Waals surface area contributed by atoms with Crippen molar-refractivity contribution in [3.8, 4) is 0 Å². The summed E-state index contributed by atoms with van der Waals surface area (Å²) in [6, 6.07) is 5.85. The fraction of sp³-hybridized carbons (Fsp3) is 0.526. The van der Waals surface area contributed by atoms with Crippen molar-refractivity contribution in [3.63, 3.8) is 0 Å². The summed E-state index contributed by atoms with van der Waals surface area (Å²) in [5, 5.41) is 10.0. The van der Waals surface area contributed by atoms with Crippen LogP contribution < -0.4 is 0 Å². The molecule has 0 aromatic heterocycles. The largest absolute Gasteiger partial charge is 0.480 e. The van der Waals surface area contributed by atoms with Crippen molar-refractivity contribution in [2.45, 2.75) is 57.0 Å². The number of aliphatic carboxylic acids is 1. The minimum Gasteiger partial charge on any atom is -0.480 e. The Morgan fingerprint density at radius 2 is 1.76 bits per heavy atom. The van der Waals surface area contributed by atoms with Gasteiger partial charge in [0.25, 0.3) is 0 Å². The van der Waals surface area contributed by atoms with Crippen LogP contribution in [0.5, 0.6) is 0 Å². The van der Waals surface area contributed by atoms with Crippen molar-refractivity contribution in [1.82, 2.24) is 4.90 Å². The van der Waals surface area contributed by atoms with E-state index in [1.54, 1.807) is 29.2 Å². The number of ketones is 1. The number of Topliss-reactive ketones (excluding diaryl/α,β-unsaturated/α-hetero) is 1. The van der Waals surface area contributed by atoms with Gasteiger partial charge in [-0.25, -0.2) is 4.79 Å². The first kappa shape index (κ1) is 17.9. The Labute approximate surface area is 152 Å². The number of carboxylic acid groups (broad SMARTS) is 1. The number of nitrogens with zero attached hydrogens (tertiary/aromatic N) is 1. The van der Waals surface area contributed by atoms with Crippen molar-refractivity contribution in [2.75, 3.05) is 0 Å². The number of carbonyl (C=O) groups excluding carboxylic acids is 2. The number of likely N-dealkylation sites (tertiary alicyclic amines) is 1. The van der Waals surface area contributed by atoms with Gasteiger partial charge in [-0.05, 0) is 49.4 Å². The highest BCUT2D eigenvalue weighted by Crippen LogP contribution is 2.40. The summed E-state index contributed by atoms with van der Waals surface area (Å²) >= 11 is 5.81. The minimum absolute atomic E-state index is 0.0213. The van der Waals surface area contributed by atoms with Crippen molar-refractivity contribution < 1.29 is 19.5 Å². The van der Waals surface area contributed by atoms with Gasteiger partial charge in [0.05, 0.1) is 0 Å². The van der Waals surface area contributed by atoms with E-state index in [9.17, 15) is 19.5 Å². The molecule has 25 heavy (non-hydrogen) atoms. The summed E-state index contributed by atoms with van der Waals surface area (Å²) < 4.78 is 0. The summed E-state index contributed by atoms with van der Waals surface area (Å²) in [6.07, 6.45) is 4.66. The summed E-state index contributed by atoms with van der Waals surface area (Å²) in [5.41, 5.74) is 0.518.